The summed E-state index contributed by atoms with van der Waals surface area (Å²) in [5.41, 5.74) is 0.289. The molecule has 0 saturated heterocycles. The number of nitrogens with one attached hydrogen (secondary N) is 2. The van der Waals surface area contributed by atoms with E-state index in [1.54, 1.807) is 6.92 Å². The second-order valence-electron chi connectivity index (χ2n) is 7.43. The molecule has 0 bridgehead atoms. The minimum atomic E-state index is -2.71. The highest BCUT2D eigenvalue weighted by Gasteiger charge is 2.57. The second kappa shape index (κ2) is 8.08. The number of amides is 1. The zero-order valence-corrected chi connectivity index (χ0v) is 16.7. The van der Waals surface area contributed by atoms with Gasteiger partial charge in [0.2, 0.25) is 11.8 Å². The van der Waals surface area contributed by atoms with Gasteiger partial charge in [0, 0.05) is 19.4 Å². The zero-order chi connectivity index (χ0) is 22.2. The highest BCUT2D eigenvalue weighted by Crippen LogP contribution is 2.48. The summed E-state index contributed by atoms with van der Waals surface area (Å²) in [6.07, 6.45) is 1.000. The standard InChI is InChI=1S/C19H20F3N5O4/c1-9(25-10(2)28)7-30-18-24-6-14-16(27-18)31-17(26-14)15-13(20)3-12(5-23-15)29-8-11-4-19(11,21)22/h3,5,9,11H,4,6-8H2,1-2H3,(H,24,27)(H,25,28)/t9?,11-/m1/s1. The number of fused-ring (bicyclic) bond motifs is 1. The Morgan fingerprint density at radius 3 is 2.90 bits per heavy atom. The third-order valence-electron chi connectivity index (χ3n) is 4.64. The highest BCUT2D eigenvalue weighted by atomic mass is 19.3. The number of carbonyl (C=O) groups is 1. The Hall–Kier alpha value is -3.31. The maximum atomic E-state index is 14.5. The average Bonchev–Trinajstić information content (AvgIpc) is 3.11. The highest BCUT2D eigenvalue weighted by molar-refractivity contribution is 5.89. The van der Waals surface area contributed by atoms with Crippen molar-refractivity contribution in [1.82, 2.24) is 15.3 Å². The van der Waals surface area contributed by atoms with Gasteiger partial charge in [-0.3, -0.25) is 10.1 Å². The number of oxazole rings is 1. The molecule has 2 aromatic rings. The molecule has 9 nitrogen and oxygen atoms in total. The monoisotopic (exact) mass is 439 g/mol. The lowest BCUT2D eigenvalue weighted by Gasteiger charge is -2.17. The molecule has 2 aromatic heterocycles. The number of anilines is 1. The number of pyridine rings is 1. The van der Waals surface area contributed by atoms with Gasteiger partial charge in [0.1, 0.15) is 18.1 Å². The molecule has 2 atom stereocenters. The van der Waals surface area contributed by atoms with Crippen LogP contribution >= 0.6 is 0 Å². The van der Waals surface area contributed by atoms with E-state index in [-0.39, 0.29) is 67.4 Å². The van der Waals surface area contributed by atoms with Crippen LogP contribution in [0.2, 0.25) is 0 Å². The van der Waals surface area contributed by atoms with Crippen molar-refractivity contribution in [1.29, 1.82) is 0 Å². The Bertz CT molecular complexity index is 1030. The molecular weight excluding hydrogens is 419 g/mol. The van der Waals surface area contributed by atoms with E-state index in [0.29, 0.717) is 5.69 Å². The van der Waals surface area contributed by atoms with Crippen molar-refractivity contribution in [2.45, 2.75) is 38.8 Å². The van der Waals surface area contributed by atoms with Gasteiger partial charge in [-0.25, -0.2) is 28.1 Å². The quantitative estimate of drug-likeness (QED) is 0.682. The van der Waals surface area contributed by atoms with Crippen LogP contribution in [-0.4, -0.2) is 47.1 Å². The Labute approximate surface area is 175 Å². The molecular formula is C19H20F3N5O4. The van der Waals surface area contributed by atoms with E-state index in [1.807, 2.05) is 0 Å². The lowest BCUT2D eigenvalue weighted by Crippen LogP contribution is -2.36. The topological polar surface area (TPSA) is 111 Å². The third-order valence-corrected chi connectivity index (χ3v) is 4.64. The van der Waals surface area contributed by atoms with Gasteiger partial charge in [-0.05, 0) is 6.92 Å². The van der Waals surface area contributed by atoms with Gasteiger partial charge in [0.25, 0.3) is 17.8 Å². The number of hydrogen-bond donors (Lipinski definition) is 2. The lowest BCUT2D eigenvalue weighted by molar-refractivity contribution is -0.119. The maximum absolute atomic E-state index is 14.5. The van der Waals surface area contributed by atoms with Crippen molar-refractivity contribution in [3.63, 3.8) is 0 Å². The van der Waals surface area contributed by atoms with Gasteiger partial charge < -0.3 is 19.2 Å². The molecule has 1 amide bonds. The van der Waals surface area contributed by atoms with Crippen LogP contribution in [0.4, 0.5) is 19.1 Å². The van der Waals surface area contributed by atoms with E-state index in [4.69, 9.17) is 13.9 Å². The van der Waals surface area contributed by atoms with Crippen LogP contribution in [0.25, 0.3) is 11.6 Å². The Balaban J connectivity index is 1.37. The van der Waals surface area contributed by atoms with Crippen molar-refractivity contribution in [2.24, 2.45) is 10.9 Å². The van der Waals surface area contributed by atoms with Crippen LogP contribution < -0.4 is 15.4 Å². The normalized spacial score (nSPS) is 19.5. The van der Waals surface area contributed by atoms with Gasteiger partial charge >= 0.3 is 0 Å². The summed E-state index contributed by atoms with van der Waals surface area (Å²) in [6, 6.07) is 1.01. The van der Waals surface area contributed by atoms with Gasteiger partial charge in [0.05, 0.1) is 31.3 Å². The number of nitrogens with zero attached hydrogens (tertiary/aromatic N) is 3. The summed E-state index contributed by atoms with van der Waals surface area (Å²) in [7, 11) is 0. The van der Waals surface area contributed by atoms with E-state index in [1.165, 1.54) is 13.1 Å². The van der Waals surface area contributed by atoms with Gasteiger partial charge in [-0.2, -0.15) is 0 Å². The van der Waals surface area contributed by atoms with Crippen molar-refractivity contribution >= 4 is 17.8 Å². The molecule has 2 N–H and O–H groups in total. The fraction of sp³-hybridized carbons (Fsp3) is 0.474. The molecule has 0 radical (unpaired) electrons. The van der Waals surface area contributed by atoms with Crippen molar-refractivity contribution in [2.75, 3.05) is 18.5 Å². The van der Waals surface area contributed by atoms with E-state index >= 15 is 0 Å². The number of aliphatic imine (C=N–C) groups is 1. The maximum Gasteiger partial charge on any atom is 0.292 e. The summed E-state index contributed by atoms with van der Waals surface area (Å²) in [4.78, 5) is 23.4. The van der Waals surface area contributed by atoms with Crippen molar-refractivity contribution in [3.8, 4) is 17.3 Å². The third kappa shape index (κ3) is 4.89. The molecule has 12 heteroatoms. The number of hydrogen-bond acceptors (Lipinski definition) is 8. The molecule has 1 saturated carbocycles. The molecule has 1 aliphatic heterocycles. The first kappa shape index (κ1) is 20.9. The van der Waals surface area contributed by atoms with E-state index < -0.39 is 17.7 Å². The first-order valence-corrected chi connectivity index (χ1v) is 9.59. The molecule has 0 aromatic carbocycles. The predicted octanol–water partition coefficient (Wildman–Crippen LogP) is 2.73. The molecule has 2 aliphatic rings. The van der Waals surface area contributed by atoms with E-state index in [2.05, 4.69) is 25.6 Å². The molecule has 3 heterocycles. The predicted molar refractivity (Wildman–Crippen MR) is 102 cm³/mol. The van der Waals surface area contributed by atoms with Crippen LogP contribution in [-0.2, 0) is 16.1 Å². The number of amidine groups is 1. The minimum absolute atomic E-state index is 0.0469. The minimum Gasteiger partial charge on any atom is -0.491 e. The number of aromatic nitrogens is 2. The SMILES string of the molecule is CC(=O)NC(C)COC1=NCc2nc(-c3ncc(OC[C@H]4CC4(F)F)cc3F)oc2N1. The average molecular weight is 439 g/mol. The molecule has 1 aliphatic carbocycles. The molecule has 4 rings (SSSR count). The molecule has 1 unspecified atom stereocenters. The summed E-state index contributed by atoms with van der Waals surface area (Å²) >= 11 is 0. The van der Waals surface area contributed by atoms with Crippen LogP contribution in [0.1, 0.15) is 26.0 Å². The Morgan fingerprint density at radius 2 is 2.23 bits per heavy atom. The largest absolute Gasteiger partial charge is 0.491 e. The fourth-order valence-corrected chi connectivity index (χ4v) is 2.92. The number of ether oxygens (including phenoxy) is 2. The van der Waals surface area contributed by atoms with Crippen LogP contribution in [0.15, 0.2) is 21.7 Å². The number of halogens is 3. The van der Waals surface area contributed by atoms with Gasteiger partial charge in [-0.1, -0.05) is 0 Å². The van der Waals surface area contributed by atoms with Crippen molar-refractivity contribution in [3.05, 3.63) is 23.8 Å². The van der Waals surface area contributed by atoms with Crippen molar-refractivity contribution < 1.29 is 31.9 Å². The Morgan fingerprint density at radius 1 is 1.45 bits per heavy atom. The fourth-order valence-electron chi connectivity index (χ4n) is 2.92. The second-order valence-corrected chi connectivity index (χ2v) is 7.43. The summed E-state index contributed by atoms with van der Waals surface area (Å²) in [5, 5.41) is 5.49. The smallest absolute Gasteiger partial charge is 0.292 e. The summed E-state index contributed by atoms with van der Waals surface area (Å²) < 4.78 is 56.6. The van der Waals surface area contributed by atoms with Crippen LogP contribution in [0.5, 0.6) is 5.75 Å². The summed E-state index contributed by atoms with van der Waals surface area (Å²) in [5.74, 6) is -4.28. The van der Waals surface area contributed by atoms with Crippen LogP contribution in [0.3, 0.4) is 0 Å². The summed E-state index contributed by atoms with van der Waals surface area (Å²) in [6.45, 7) is 3.32. The molecule has 0 spiro atoms. The molecule has 31 heavy (non-hydrogen) atoms. The molecule has 166 valence electrons. The van der Waals surface area contributed by atoms with Crippen LogP contribution in [0, 0.1) is 11.7 Å². The zero-order valence-electron chi connectivity index (χ0n) is 16.7. The molecule has 1 fully saturated rings. The first-order valence-electron chi connectivity index (χ1n) is 9.59. The van der Waals surface area contributed by atoms with E-state index in [9.17, 15) is 18.0 Å². The number of carbonyl (C=O) groups excluding carboxylic acids is 1. The number of rotatable bonds is 7. The van der Waals surface area contributed by atoms with Gasteiger partial charge in [0.15, 0.2) is 11.5 Å². The van der Waals surface area contributed by atoms with E-state index in [0.717, 1.165) is 6.07 Å². The first-order chi connectivity index (χ1) is 14.7. The van der Waals surface area contributed by atoms with Gasteiger partial charge in [-0.15, -0.1) is 0 Å². The Kier molecular flexibility index (Phi) is 5.46. The lowest BCUT2D eigenvalue weighted by atomic mass is 10.3. The number of alkyl halides is 2.